The van der Waals surface area contributed by atoms with Gasteiger partial charge in [0.2, 0.25) is 0 Å². The Morgan fingerprint density at radius 3 is 1.44 bits per heavy atom. The highest BCUT2D eigenvalue weighted by atomic mass is 16.3. The molecule has 2 heterocycles. The Balaban J connectivity index is 1.35. The molecular formula is C40H26N2O. The second kappa shape index (κ2) is 10.6. The number of para-hydroxylation sites is 1. The summed E-state index contributed by atoms with van der Waals surface area (Å²) in [4.78, 5) is 10.4. The van der Waals surface area contributed by atoms with Crippen LogP contribution in [0.1, 0.15) is 0 Å². The van der Waals surface area contributed by atoms with Gasteiger partial charge in [-0.05, 0) is 63.7 Å². The molecule has 0 fully saturated rings. The SMILES string of the molecule is c1ccc(-c2ccc(-c3nc(-c4cc(-c5ccccc5)cc(-c5ccccc5)c4)nc4c3oc3ccccc34)cc2)cc1. The van der Waals surface area contributed by atoms with Crippen LogP contribution in [0.25, 0.3) is 78.1 Å². The first kappa shape index (κ1) is 25.0. The summed E-state index contributed by atoms with van der Waals surface area (Å²) in [5, 5.41) is 0.978. The van der Waals surface area contributed by atoms with Crippen molar-refractivity contribution >= 4 is 22.1 Å². The second-order valence-corrected chi connectivity index (χ2v) is 10.6. The Hall–Kier alpha value is -5.80. The zero-order valence-corrected chi connectivity index (χ0v) is 23.3. The van der Waals surface area contributed by atoms with Gasteiger partial charge in [0, 0.05) is 16.5 Å². The van der Waals surface area contributed by atoms with E-state index >= 15 is 0 Å². The molecule has 2 aromatic heterocycles. The number of aromatic nitrogens is 2. The number of furan rings is 1. The third-order valence-corrected chi connectivity index (χ3v) is 7.89. The molecule has 8 aromatic rings. The van der Waals surface area contributed by atoms with Crippen LogP contribution in [0.5, 0.6) is 0 Å². The van der Waals surface area contributed by atoms with Crippen molar-refractivity contribution < 1.29 is 4.42 Å². The number of hydrogen-bond acceptors (Lipinski definition) is 3. The smallest absolute Gasteiger partial charge is 0.180 e. The van der Waals surface area contributed by atoms with Crippen LogP contribution in [-0.2, 0) is 0 Å². The van der Waals surface area contributed by atoms with E-state index in [0.29, 0.717) is 11.4 Å². The van der Waals surface area contributed by atoms with Crippen molar-refractivity contribution in [1.29, 1.82) is 0 Å². The van der Waals surface area contributed by atoms with E-state index in [1.165, 1.54) is 5.56 Å². The predicted molar refractivity (Wildman–Crippen MR) is 176 cm³/mol. The summed E-state index contributed by atoms with van der Waals surface area (Å²) >= 11 is 0. The lowest BCUT2D eigenvalue weighted by atomic mass is 9.95. The summed E-state index contributed by atoms with van der Waals surface area (Å²) in [6.07, 6.45) is 0. The minimum absolute atomic E-state index is 0.663. The molecule has 0 N–H and O–H groups in total. The van der Waals surface area contributed by atoms with Gasteiger partial charge >= 0.3 is 0 Å². The van der Waals surface area contributed by atoms with E-state index in [4.69, 9.17) is 14.4 Å². The molecule has 0 atom stereocenters. The molecule has 0 aliphatic heterocycles. The van der Waals surface area contributed by atoms with Crippen LogP contribution in [0.15, 0.2) is 162 Å². The van der Waals surface area contributed by atoms with Gasteiger partial charge in [-0.25, -0.2) is 9.97 Å². The third-order valence-electron chi connectivity index (χ3n) is 7.89. The normalized spacial score (nSPS) is 11.3. The van der Waals surface area contributed by atoms with Crippen LogP contribution in [0.4, 0.5) is 0 Å². The minimum atomic E-state index is 0.663. The fourth-order valence-corrected chi connectivity index (χ4v) is 5.72. The van der Waals surface area contributed by atoms with E-state index in [1.54, 1.807) is 0 Å². The van der Waals surface area contributed by atoms with Gasteiger partial charge < -0.3 is 4.42 Å². The number of rotatable bonds is 5. The molecule has 6 aromatic carbocycles. The Labute approximate surface area is 249 Å². The molecule has 0 radical (unpaired) electrons. The van der Waals surface area contributed by atoms with Crippen molar-refractivity contribution in [3.63, 3.8) is 0 Å². The van der Waals surface area contributed by atoms with Crippen molar-refractivity contribution in [3.8, 4) is 56.0 Å². The molecular weight excluding hydrogens is 524 g/mol. The lowest BCUT2D eigenvalue weighted by Crippen LogP contribution is -1.95. The molecule has 0 aliphatic rings. The largest absolute Gasteiger partial charge is 0.452 e. The average Bonchev–Trinajstić information content (AvgIpc) is 3.48. The summed E-state index contributed by atoms with van der Waals surface area (Å²) in [5.41, 5.74) is 11.9. The highest BCUT2D eigenvalue weighted by molar-refractivity contribution is 6.07. The topological polar surface area (TPSA) is 38.9 Å². The zero-order valence-electron chi connectivity index (χ0n) is 23.3. The van der Waals surface area contributed by atoms with Gasteiger partial charge in [-0.15, -0.1) is 0 Å². The van der Waals surface area contributed by atoms with E-state index in [9.17, 15) is 0 Å². The van der Waals surface area contributed by atoms with Gasteiger partial charge in [-0.1, -0.05) is 127 Å². The van der Waals surface area contributed by atoms with Crippen LogP contribution in [0.3, 0.4) is 0 Å². The maximum atomic E-state index is 6.40. The number of hydrogen-bond donors (Lipinski definition) is 0. The highest BCUT2D eigenvalue weighted by Crippen LogP contribution is 2.38. The number of benzene rings is 6. The Morgan fingerprint density at radius 1 is 0.372 bits per heavy atom. The molecule has 0 amide bonds. The number of fused-ring (bicyclic) bond motifs is 3. The zero-order chi connectivity index (χ0) is 28.6. The summed E-state index contributed by atoms with van der Waals surface area (Å²) in [5.74, 6) is 0.663. The number of nitrogens with zero attached hydrogens (tertiary/aromatic N) is 2. The highest BCUT2D eigenvalue weighted by Gasteiger charge is 2.19. The molecule has 43 heavy (non-hydrogen) atoms. The monoisotopic (exact) mass is 550 g/mol. The van der Waals surface area contributed by atoms with Gasteiger partial charge in [0.25, 0.3) is 0 Å². The summed E-state index contributed by atoms with van der Waals surface area (Å²) < 4.78 is 6.40. The van der Waals surface area contributed by atoms with Gasteiger partial charge in [-0.3, -0.25) is 0 Å². The molecule has 0 saturated carbocycles. The maximum absolute atomic E-state index is 6.40. The maximum Gasteiger partial charge on any atom is 0.180 e. The molecule has 8 rings (SSSR count). The predicted octanol–water partition coefficient (Wildman–Crippen LogP) is 10.7. The first-order valence-corrected chi connectivity index (χ1v) is 14.4. The van der Waals surface area contributed by atoms with Crippen LogP contribution in [-0.4, -0.2) is 9.97 Å². The van der Waals surface area contributed by atoms with Crippen LogP contribution >= 0.6 is 0 Å². The quantitative estimate of drug-likeness (QED) is 0.214. The van der Waals surface area contributed by atoms with Crippen molar-refractivity contribution in [2.24, 2.45) is 0 Å². The first-order valence-electron chi connectivity index (χ1n) is 14.4. The molecule has 0 unspecified atom stereocenters. The van der Waals surface area contributed by atoms with Gasteiger partial charge in [-0.2, -0.15) is 0 Å². The first-order chi connectivity index (χ1) is 21.3. The second-order valence-electron chi connectivity index (χ2n) is 10.6. The summed E-state index contributed by atoms with van der Waals surface area (Å²) in [6, 6.07) is 54.6. The van der Waals surface area contributed by atoms with Crippen molar-refractivity contribution in [2.45, 2.75) is 0 Å². The molecule has 3 heteroatoms. The lowest BCUT2D eigenvalue weighted by Gasteiger charge is -2.12. The van der Waals surface area contributed by atoms with Crippen molar-refractivity contribution in [3.05, 3.63) is 158 Å². The van der Waals surface area contributed by atoms with Crippen molar-refractivity contribution in [2.75, 3.05) is 0 Å². The molecule has 3 nitrogen and oxygen atoms in total. The van der Waals surface area contributed by atoms with E-state index in [-0.39, 0.29) is 0 Å². The van der Waals surface area contributed by atoms with E-state index in [0.717, 1.165) is 61.1 Å². The van der Waals surface area contributed by atoms with Gasteiger partial charge in [0.1, 0.15) is 16.8 Å². The molecule has 0 saturated heterocycles. The van der Waals surface area contributed by atoms with E-state index in [1.807, 2.05) is 36.4 Å². The fraction of sp³-hybridized carbons (Fsp3) is 0. The van der Waals surface area contributed by atoms with E-state index < -0.39 is 0 Å². The molecule has 0 spiro atoms. The van der Waals surface area contributed by atoms with Crippen LogP contribution in [0, 0.1) is 0 Å². The minimum Gasteiger partial charge on any atom is -0.452 e. The Bertz CT molecular complexity index is 2140. The Kier molecular flexibility index (Phi) is 6.12. The van der Waals surface area contributed by atoms with E-state index in [2.05, 4.69) is 121 Å². The van der Waals surface area contributed by atoms with Gasteiger partial charge in [0.05, 0.1) is 0 Å². The summed E-state index contributed by atoms with van der Waals surface area (Å²) in [6.45, 7) is 0. The lowest BCUT2D eigenvalue weighted by molar-refractivity contribution is 0.667. The molecule has 202 valence electrons. The van der Waals surface area contributed by atoms with Crippen LogP contribution in [0.2, 0.25) is 0 Å². The molecule has 0 aliphatic carbocycles. The van der Waals surface area contributed by atoms with Crippen molar-refractivity contribution in [1.82, 2.24) is 9.97 Å². The third kappa shape index (κ3) is 4.67. The standard InChI is InChI=1S/C40H26N2O/c1-4-12-27(13-5-1)30-20-22-31(23-21-30)37-39-38(35-18-10-11-19-36(35)43-39)42-40(41-37)34-25-32(28-14-6-2-7-15-28)24-33(26-34)29-16-8-3-9-17-29/h1-26H. The Morgan fingerprint density at radius 2 is 0.837 bits per heavy atom. The molecule has 0 bridgehead atoms. The summed E-state index contributed by atoms with van der Waals surface area (Å²) in [7, 11) is 0. The van der Waals surface area contributed by atoms with Gasteiger partial charge in [0.15, 0.2) is 11.4 Å². The fourth-order valence-electron chi connectivity index (χ4n) is 5.72. The average molecular weight is 551 g/mol. The van der Waals surface area contributed by atoms with Crippen LogP contribution < -0.4 is 0 Å².